The number of hydrogen-bond donors (Lipinski definition) is 2. The molecule has 1 aliphatic carbocycles. The minimum absolute atomic E-state index is 0.156. The molecule has 2 aromatic rings. The normalized spacial score (nSPS) is 20.0. The summed E-state index contributed by atoms with van der Waals surface area (Å²) < 4.78 is 33.4. The number of allylic oxidation sites excluding steroid dienone is 1. The summed E-state index contributed by atoms with van der Waals surface area (Å²) in [5, 5.41) is 7.46. The Balaban J connectivity index is 1.85. The van der Waals surface area contributed by atoms with E-state index in [2.05, 4.69) is 23.6 Å². The van der Waals surface area contributed by atoms with Gasteiger partial charge < -0.3 is 39.1 Å². The second-order valence-electron chi connectivity index (χ2n) is 8.89. The number of ether oxygens (including phenoxy) is 6. The van der Waals surface area contributed by atoms with Crippen LogP contribution in [0.25, 0.3) is 6.08 Å². The van der Waals surface area contributed by atoms with Gasteiger partial charge in [0.05, 0.1) is 48.7 Å². The van der Waals surface area contributed by atoms with Gasteiger partial charge in [0, 0.05) is 5.70 Å². The van der Waals surface area contributed by atoms with Crippen molar-refractivity contribution in [1.29, 1.82) is 0 Å². The van der Waals surface area contributed by atoms with E-state index in [1.54, 1.807) is 42.7 Å². The number of methoxy groups -OCH3 is 6. The summed E-state index contributed by atoms with van der Waals surface area (Å²) in [5.41, 5.74) is 5.35. The summed E-state index contributed by atoms with van der Waals surface area (Å²) in [4.78, 5) is 0. The Labute approximate surface area is 223 Å². The Morgan fingerprint density at radius 1 is 0.784 bits per heavy atom. The first-order chi connectivity index (χ1) is 17.9. The second kappa shape index (κ2) is 11.2. The van der Waals surface area contributed by atoms with E-state index in [-0.39, 0.29) is 6.04 Å². The van der Waals surface area contributed by atoms with Crippen LogP contribution in [0.15, 0.2) is 41.1 Å². The molecule has 0 saturated heterocycles. The van der Waals surface area contributed by atoms with Gasteiger partial charge in [-0.2, -0.15) is 0 Å². The molecule has 0 aromatic heterocycles. The van der Waals surface area contributed by atoms with Gasteiger partial charge in [0.25, 0.3) is 0 Å². The maximum absolute atomic E-state index is 5.66. The average molecular weight is 527 g/mol. The fraction of sp³-hybridized carbons (Fsp3) is 0.393. The largest absolute Gasteiger partial charge is 0.493 e. The van der Waals surface area contributed by atoms with Crippen molar-refractivity contribution in [3.05, 3.63) is 52.2 Å². The number of benzene rings is 2. The van der Waals surface area contributed by atoms with Crippen LogP contribution in [0.1, 0.15) is 36.9 Å². The van der Waals surface area contributed by atoms with Gasteiger partial charge in [-0.15, -0.1) is 0 Å². The van der Waals surface area contributed by atoms with Crippen LogP contribution in [0.5, 0.6) is 34.5 Å². The van der Waals surface area contributed by atoms with Crippen LogP contribution >= 0.6 is 12.2 Å². The van der Waals surface area contributed by atoms with Crippen molar-refractivity contribution >= 4 is 23.4 Å². The Morgan fingerprint density at radius 2 is 1.30 bits per heavy atom. The van der Waals surface area contributed by atoms with E-state index < -0.39 is 0 Å². The van der Waals surface area contributed by atoms with Gasteiger partial charge in [-0.1, -0.05) is 6.92 Å². The summed E-state index contributed by atoms with van der Waals surface area (Å²) in [6.45, 7) is 2.24. The lowest BCUT2D eigenvalue weighted by Crippen LogP contribution is -2.46. The van der Waals surface area contributed by atoms with Crippen LogP contribution in [0.4, 0.5) is 0 Å². The van der Waals surface area contributed by atoms with Crippen LogP contribution < -0.4 is 39.1 Å². The van der Waals surface area contributed by atoms with E-state index in [0.29, 0.717) is 45.5 Å². The molecule has 0 spiro atoms. The molecule has 2 atom stereocenters. The lowest BCUT2D eigenvalue weighted by molar-refractivity contribution is 0.323. The maximum Gasteiger partial charge on any atom is 0.203 e. The number of hydrogen-bond acceptors (Lipinski definition) is 7. The third-order valence-electron chi connectivity index (χ3n) is 6.86. The molecule has 198 valence electrons. The number of nitrogens with one attached hydrogen (secondary N) is 2. The highest BCUT2D eigenvalue weighted by atomic mass is 32.1. The first-order valence-corrected chi connectivity index (χ1v) is 12.4. The monoisotopic (exact) mass is 526 g/mol. The fourth-order valence-corrected chi connectivity index (χ4v) is 5.31. The van der Waals surface area contributed by atoms with Crippen LogP contribution in [0.3, 0.4) is 0 Å². The van der Waals surface area contributed by atoms with E-state index in [1.807, 2.05) is 24.3 Å². The molecule has 2 aromatic carbocycles. The van der Waals surface area contributed by atoms with Gasteiger partial charge in [0.15, 0.2) is 28.1 Å². The van der Waals surface area contributed by atoms with Crippen molar-refractivity contribution in [1.82, 2.24) is 10.6 Å². The van der Waals surface area contributed by atoms with E-state index in [4.69, 9.17) is 40.6 Å². The van der Waals surface area contributed by atoms with E-state index in [1.165, 1.54) is 5.57 Å². The molecule has 0 amide bonds. The molecule has 0 fully saturated rings. The molecule has 0 saturated carbocycles. The molecule has 8 nitrogen and oxygen atoms in total. The van der Waals surface area contributed by atoms with E-state index in [9.17, 15) is 0 Å². The van der Waals surface area contributed by atoms with Crippen LogP contribution in [-0.2, 0) is 0 Å². The molecule has 4 rings (SSSR count). The van der Waals surface area contributed by atoms with Crippen LogP contribution in [-0.4, -0.2) is 47.8 Å². The van der Waals surface area contributed by atoms with E-state index >= 15 is 0 Å². The van der Waals surface area contributed by atoms with Crippen LogP contribution in [0.2, 0.25) is 0 Å². The topological polar surface area (TPSA) is 79.4 Å². The first kappa shape index (κ1) is 26.5. The molecule has 9 heteroatoms. The Bertz CT molecular complexity index is 1210. The molecule has 0 bridgehead atoms. The van der Waals surface area contributed by atoms with Gasteiger partial charge >= 0.3 is 0 Å². The Morgan fingerprint density at radius 3 is 1.78 bits per heavy atom. The van der Waals surface area contributed by atoms with Crippen molar-refractivity contribution in [3.8, 4) is 34.5 Å². The average Bonchev–Trinajstić information content (AvgIpc) is 2.92. The van der Waals surface area contributed by atoms with Gasteiger partial charge in [-0.05, 0) is 83.6 Å². The highest BCUT2D eigenvalue weighted by molar-refractivity contribution is 7.80. The molecule has 1 heterocycles. The third kappa shape index (κ3) is 5.00. The van der Waals surface area contributed by atoms with Gasteiger partial charge in [0.2, 0.25) is 11.5 Å². The fourth-order valence-electron chi connectivity index (χ4n) is 5.09. The number of thiocarbonyl (C=S) groups is 1. The minimum Gasteiger partial charge on any atom is -0.493 e. The Kier molecular flexibility index (Phi) is 8.02. The summed E-state index contributed by atoms with van der Waals surface area (Å²) in [7, 11) is 9.67. The molecule has 2 N–H and O–H groups in total. The molecule has 0 radical (unpaired) electrons. The van der Waals surface area contributed by atoms with Crippen molar-refractivity contribution < 1.29 is 28.4 Å². The summed E-state index contributed by atoms with van der Waals surface area (Å²) in [5.74, 6) is 3.85. The van der Waals surface area contributed by atoms with Crippen molar-refractivity contribution in [2.75, 3.05) is 42.7 Å². The lowest BCUT2D eigenvalue weighted by atomic mass is 9.77. The standard InChI is InChI=1S/C28H34N2O6S/c1-15-8-9-17(10-16-11-19(31-2)26(35-6)20(12-16)32-3)24-23(15)25(30-28(37)29-24)18-13-21(33-4)27(36-7)22(14-18)34-5/h10-15,25H,8-9H2,1-7H3,(H2,29,30,37)/b17-10-. The van der Waals surface area contributed by atoms with Crippen LogP contribution in [0, 0.1) is 5.92 Å². The molecule has 37 heavy (non-hydrogen) atoms. The third-order valence-corrected chi connectivity index (χ3v) is 7.08. The highest BCUT2D eigenvalue weighted by Crippen LogP contribution is 2.46. The van der Waals surface area contributed by atoms with Gasteiger partial charge in [0.1, 0.15) is 0 Å². The lowest BCUT2D eigenvalue weighted by Gasteiger charge is -2.39. The number of rotatable bonds is 8. The molecular formula is C28H34N2O6S. The molecular weight excluding hydrogens is 492 g/mol. The SMILES string of the molecule is COc1cc(/C=C2/CCC(C)C3=C2NC(=S)NC3c2cc(OC)c(OC)c(OC)c2)cc(OC)c1OC. The highest BCUT2D eigenvalue weighted by Gasteiger charge is 2.35. The van der Waals surface area contributed by atoms with Crippen molar-refractivity contribution in [2.24, 2.45) is 5.92 Å². The van der Waals surface area contributed by atoms with Crippen molar-refractivity contribution in [2.45, 2.75) is 25.8 Å². The molecule has 2 aliphatic rings. The van der Waals surface area contributed by atoms with Gasteiger partial charge in [-0.25, -0.2) is 0 Å². The Hall–Kier alpha value is -3.59. The zero-order chi connectivity index (χ0) is 26.7. The predicted molar refractivity (Wildman–Crippen MR) is 147 cm³/mol. The predicted octanol–water partition coefficient (Wildman–Crippen LogP) is 5.02. The molecule has 1 aliphatic heterocycles. The van der Waals surface area contributed by atoms with Crippen molar-refractivity contribution in [3.63, 3.8) is 0 Å². The first-order valence-electron chi connectivity index (χ1n) is 12.0. The summed E-state index contributed by atoms with van der Waals surface area (Å²) in [6.07, 6.45) is 4.04. The minimum atomic E-state index is -0.156. The summed E-state index contributed by atoms with van der Waals surface area (Å²) >= 11 is 5.66. The van der Waals surface area contributed by atoms with Gasteiger partial charge in [-0.3, -0.25) is 0 Å². The zero-order valence-electron chi connectivity index (χ0n) is 22.3. The maximum atomic E-state index is 5.66. The summed E-state index contributed by atoms with van der Waals surface area (Å²) in [6, 6.07) is 7.69. The van der Waals surface area contributed by atoms with E-state index in [0.717, 1.165) is 35.2 Å². The zero-order valence-corrected chi connectivity index (χ0v) is 23.1. The second-order valence-corrected chi connectivity index (χ2v) is 9.30. The molecule has 2 unspecified atom stereocenters. The smallest absolute Gasteiger partial charge is 0.203 e. The quantitative estimate of drug-likeness (QED) is 0.461.